The molecule has 0 aromatic rings. The zero-order valence-corrected chi connectivity index (χ0v) is 7.42. The number of carboxylic acids is 1. The number of hydrogen-bond acceptors (Lipinski definition) is 2. The van der Waals surface area contributed by atoms with Gasteiger partial charge in [-0.25, -0.2) is 0 Å². The minimum absolute atomic E-state index is 0.0559. The number of hydrogen-bond donors (Lipinski definition) is 1. The Labute approximate surface area is 72.5 Å². The number of carboxylic acid groups (broad SMARTS) is 1. The SMILES string of the molecule is CC1CCCCC1=NCC(=O)O. The molecule has 68 valence electrons. The summed E-state index contributed by atoms with van der Waals surface area (Å²) >= 11 is 0. The van der Waals surface area contributed by atoms with Gasteiger partial charge in [0, 0.05) is 5.71 Å². The quantitative estimate of drug-likeness (QED) is 0.684. The topological polar surface area (TPSA) is 49.7 Å². The second kappa shape index (κ2) is 4.24. The van der Waals surface area contributed by atoms with E-state index in [0.717, 1.165) is 12.1 Å². The molecule has 0 bridgehead atoms. The van der Waals surface area contributed by atoms with Gasteiger partial charge in [0.05, 0.1) is 0 Å². The van der Waals surface area contributed by atoms with Crippen LogP contribution in [-0.4, -0.2) is 23.3 Å². The van der Waals surface area contributed by atoms with Crippen molar-refractivity contribution in [3.63, 3.8) is 0 Å². The van der Waals surface area contributed by atoms with Gasteiger partial charge in [-0.05, 0) is 25.2 Å². The Kier molecular flexibility index (Phi) is 3.26. The van der Waals surface area contributed by atoms with Crippen LogP contribution in [0.4, 0.5) is 0 Å². The molecule has 0 aliphatic heterocycles. The van der Waals surface area contributed by atoms with Gasteiger partial charge >= 0.3 is 5.97 Å². The molecule has 0 saturated heterocycles. The fourth-order valence-electron chi connectivity index (χ4n) is 1.57. The number of carbonyl (C=O) groups is 1. The van der Waals surface area contributed by atoms with Crippen LogP contribution in [0.5, 0.6) is 0 Å². The van der Waals surface area contributed by atoms with Gasteiger partial charge in [-0.2, -0.15) is 0 Å². The van der Waals surface area contributed by atoms with E-state index in [-0.39, 0.29) is 6.54 Å². The van der Waals surface area contributed by atoms with Gasteiger partial charge in [-0.3, -0.25) is 9.79 Å². The average molecular weight is 169 g/mol. The van der Waals surface area contributed by atoms with E-state index >= 15 is 0 Å². The van der Waals surface area contributed by atoms with Crippen LogP contribution in [0.2, 0.25) is 0 Å². The third-order valence-corrected chi connectivity index (χ3v) is 2.31. The predicted octanol–water partition coefficient (Wildman–Crippen LogP) is 1.72. The predicted molar refractivity (Wildman–Crippen MR) is 47.6 cm³/mol. The maximum absolute atomic E-state index is 10.2. The molecule has 1 fully saturated rings. The van der Waals surface area contributed by atoms with Gasteiger partial charge in [0.15, 0.2) is 0 Å². The first-order valence-electron chi connectivity index (χ1n) is 4.45. The van der Waals surface area contributed by atoms with E-state index in [2.05, 4.69) is 11.9 Å². The second-order valence-electron chi connectivity index (χ2n) is 3.35. The fourth-order valence-corrected chi connectivity index (χ4v) is 1.57. The van der Waals surface area contributed by atoms with Crippen molar-refractivity contribution >= 4 is 11.7 Å². The summed E-state index contributed by atoms with van der Waals surface area (Å²) < 4.78 is 0. The largest absolute Gasteiger partial charge is 0.480 e. The standard InChI is InChI=1S/C9H15NO2/c1-7-4-2-3-5-8(7)10-6-9(11)12/h7H,2-6H2,1H3,(H,11,12). The summed E-state index contributed by atoms with van der Waals surface area (Å²) in [5, 5.41) is 8.42. The first-order valence-corrected chi connectivity index (χ1v) is 4.45. The third-order valence-electron chi connectivity index (χ3n) is 2.31. The molecule has 1 aliphatic carbocycles. The zero-order valence-electron chi connectivity index (χ0n) is 7.42. The first kappa shape index (κ1) is 9.23. The highest BCUT2D eigenvalue weighted by molar-refractivity contribution is 5.88. The Hall–Kier alpha value is -0.860. The summed E-state index contributed by atoms with van der Waals surface area (Å²) in [4.78, 5) is 14.3. The van der Waals surface area contributed by atoms with Crippen molar-refractivity contribution < 1.29 is 9.90 Å². The average Bonchev–Trinajstić information content (AvgIpc) is 2.03. The molecule has 0 heterocycles. The Morgan fingerprint density at radius 3 is 3.00 bits per heavy atom. The molecular formula is C9H15NO2. The van der Waals surface area contributed by atoms with E-state index in [0.29, 0.717) is 5.92 Å². The van der Waals surface area contributed by atoms with Crippen molar-refractivity contribution in [3.8, 4) is 0 Å². The molecule has 0 spiro atoms. The Morgan fingerprint density at radius 1 is 1.67 bits per heavy atom. The first-order chi connectivity index (χ1) is 5.70. The molecule has 1 rings (SSSR count). The van der Waals surface area contributed by atoms with Crippen LogP contribution in [0.3, 0.4) is 0 Å². The van der Waals surface area contributed by atoms with Crippen LogP contribution in [0, 0.1) is 5.92 Å². The van der Waals surface area contributed by atoms with Crippen LogP contribution in [0.25, 0.3) is 0 Å². The number of aliphatic carboxylic acids is 1. The summed E-state index contributed by atoms with van der Waals surface area (Å²) in [6, 6.07) is 0. The number of rotatable bonds is 2. The molecule has 1 atom stereocenters. The third kappa shape index (κ3) is 2.64. The van der Waals surface area contributed by atoms with E-state index in [1.54, 1.807) is 0 Å². The highest BCUT2D eigenvalue weighted by Crippen LogP contribution is 2.20. The monoisotopic (exact) mass is 169 g/mol. The van der Waals surface area contributed by atoms with Crippen molar-refractivity contribution in [2.45, 2.75) is 32.6 Å². The van der Waals surface area contributed by atoms with Crippen molar-refractivity contribution in [3.05, 3.63) is 0 Å². The molecule has 1 aliphatic rings. The molecule has 0 aromatic carbocycles. The normalized spacial score (nSPS) is 27.4. The van der Waals surface area contributed by atoms with Crippen LogP contribution >= 0.6 is 0 Å². The number of aliphatic imine (C=N–C) groups is 1. The van der Waals surface area contributed by atoms with Crippen molar-refractivity contribution in [1.82, 2.24) is 0 Å². The van der Waals surface area contributed by atoms with Crippen molar-refractivity contribution in [2.24, 2.45) is 10.9 Å². The molecule has 12 heavy (non-hydrogen) atoms. The minimum atomic E-state index is -0.833. The molecule has 0 amide bonds. The maximum atomic E-state index is 10.2. The number of nitrogens with zero attached hydrogens (tertiary/aromatic N) is 1. The van der Waals surface area contributed by atoms with E-state index in [1.165, 1.54) is 19.3 Å². The molecule has 1 unspecified atom stereocenters. The van der Waals surface area contributed by atoms with Gasteiger partial charge in [0.2, 0.25) is 0 Å². The van der Waals surface area contributed by atoms with E-state index < -0.39 is 5.97 Å². The second-order valence-corrected chi connectivity index (χ2v) is 3.35. The van der Waals surface area contributed by atoms with Crippen LogP contribution < -0.4 is 0 Å². The molecule has 3 nitrogen and oxygen atoms in total. The van der Waals surface area contributed by atoms with Crippen LogP contribution in [0.15, 0.2) is 4.99 Å². The minimum Gasteiger partial charge on any atom is -0.480 e. The molecule has 0 aromatic heterocycles. The lowest BCUT2D eigenvalue weighted by Crippen LogP contribution is -2.17. The van der Waals surface area contributed by atoms with Gasteiger partial charge in [-0.1, -0.05) is 13.3 Å². The van der Waals surface area contributed by atoms with Crippen LogP contribution in [0.1, 0.15) is 32.6 Å². The smallest absolute Gasteiger partial charge is 0.325 e. The maximum Gasteiger partial charge on any atom is 0.325 e. The summed E-state index contributed by atoms with van der Waals surface area (Å²) in [5.41, 5.74) is 1.10. The lowest BCUT2D eigenvalue weighted by Gasteiger charge is -2.19. The molecule has 1 N–H and O–H groups in total. The van der Waals surface area contributed by atoms with Crippen molar-refractivity contribution in [1.29, 1.82) is 0 Å². The fraction of sp³-hybridized carbons (Fsp3) is 0.778. The molecule has 1 saturated carbocycles. The van der Waals surface area contributed by atoms with Gasteiger partial charge in [0.1, 0.15) is 6.54 Å². The Bertz CT molecular complexity index is 199. The summed E-state index contributed by atoms with van der Waals surface area (Å²) in [6.45, 7) is 2.07. The Balaban J connectivity index is 2.47. The summed E-state index contributed by atoms with van der Waals surface area (Å²) in [6.07, 6.45) is 4.59. The lowest BCUT2D eigenvalue weighted by molar-refractivity contribution is -0.135. The highest BCUT2D eigenvalue weighted by atomic mass is 16.4. The summed E-state index contributed by atoms with van der Waals surface area (Å²) in [5.74, 6) is -0.335. The van der Waals surface area contributed by atoms with Crippen molar-refractivity contribution in [2.75, 3.05) is 6.54 Å². The van der Waals surface area contributed by atoms with Gasteiger partial charge < -0.3 is 5.11 Å². The zero-order chi connectivity index (χ0) is 8.97. The Morgan fingerprint density at radius 2 is 2.42 bits per heavy atom. The molecule has 0 radical (unpaired) electrons. The lowest BCUT2D eigenvalue weighted by atomic mass is 9.89. The molecule has 3 heteroatoms. The van der Waals surface area contributed by atoms with E-state index in [1.807, 2.05) is 0 Å². The van der Waals surface area contributed by atoms with Gasteiger partial charge in [-0.15, -0.1) is 0 Å². The van der Waals surface area contributed by atoms with Gasteiger partial charge in [0.25, 0.3) is 0 Å². The van der Waals surface area contributed by atoms with E-state index in [9.17, 15) is 4.79 Å². The summed E-state index contributed by atoms with van der Waals surface area (Å²) in [7, 11) is 0. The van der Waals surface area contributed by atoms with E-state index in [4.69, 9.17) is 5.11 Å². The highest BCUT2D eigenvalue weighted by Gasteiger charge is 2.15. The van der Waals surface area contributed by atoms with Crippen LogP contribution in [-0.2, 0) is 4.79 Å². The molecular weight excluding hydrogens is 154 g/mol.